The van der Waals surface area contributed by atoms with Gasteiger partial charge < -0.3 is 0 Å². The van der Waals surface area contributed by atoms with E-state index < -0.39 is 16.6 Å². The quantitative estimate of drug-likeness (QED) is 0.701. The monoisotopic (exact) mass is 252 g/mol. The Bertz CT molecular complexity index is 385. The Labute approximate surface area is 93.7 Å². The van der Waals surface area contributed by atoms with Gasteiger partial charge in [0, 0.05) is 16.6 Å². The van der Waals surface area contributed by atoms with Crippen LogP contribution >= 0.6 is 23.2 Å². The summed E-state index contributed by atoms with van der Waals surface area (Å²) in [5, 5.41) is -0.0293. The van der Waals surface area contributed by atoms with Gasteiger partial charge in [-0.1, -0.05) is 23.2 Å². The van der Waals surface area contributed by atoms with Gasteiger partial charge in [-0.05, 0) is 24.1 Å². The summed E-state index contributed by atoms with van der Waals surface area (Å²) < 4.78 is 24.3. The predicted octanol–water partition coefficient (Wildman–Crippen LogP) is 3.33. The maximum Gasteiger partial charge on any atom is 0.160 e. The summed E-state index contributed by atoms with van der Waals surface area (Å²) in [4.78, 5) is 0. The summed E-state index contributed by atoms with van der Waals surface area (Å²) in [5.41, 5.74) is 0.769. The first-order valence-electron chi connectivity index (χ1n) is 4.11. The molecule has 0 radical (unpaired) electrons. The Morgan fingerprint density at radius 3 is 2.29 bits per heavy atom. The molecule has 0 amide bonds. The zero-order chi connectivity index (χ0) is 10.3. The highest BCUT2D eigenvalue weighted by molar-refractivity contribution is 7.86. The van der Waals surface area contributed by atoms with Crippen molar-refractivity contribution in [3.05, 3.63) is 33.6 Å². The van der Waals surface area contributed by atoms with Crippen LogP contribution in [0.4, 0.5) is 4.39 Å². The fourth-order valence-electron chi connectivity index (χ4n) is 1.41. The topological polar surface area (TPSA) is 17.1 Å². The largest absolute Gasteiger partial charge is 0.259 e. The standard InChI is InChI=1S/C9H7Cl2FOS/c10-6-3-5(4-7(11)9(6)12)8-1-2-14(8)13/h3-4,8H,1-2H2. The number of hydrogen-bond donors (Lipinski definition) is 0. The summed E-state index contributed by atoms with van der Waals surface area (Å²) in [6.45, 7) is 0. The van der Waals surface area contributed by atoms with Gasteiger partial charge in [-0.2, -0.15) is 0 Å². The normalized spacial score (nSPS) is 25.9. The van der Waals surface area contributed by atoms with E-state index in [-0.39, 0.29) is 15.3 Å². The van der Waals surface area contributed by atoms with Gasteiger partial charge in [0.25, 0.3) is 0 Å². The van der Waals surface area contributed by atoms with E-state index in [4.69, 9.17) is 23.2 Å². The van der Waals surface area contributed by atoms with Gasteiger partial charge in [0.15, 0.2) is 5.82 Å². The van der Waals surface area contributed by atoms with Crippen LogP contribution in [0.1, 0.15) is 17.2 Å². The van der Waals surface area contributed by atoms with Crippen LogP contribution in [0.5, 0.6) is 0 Å². The third kappa shape index (κ3) is 1.69. The first-order chi connectivity index (χ1) is 6.59. The number of halogens is 3. The molecule has 0 spiro atoms. The number of benzene rings is 1. The molecule has 1 aliphatic heterocycles. The Balaban J connectivity index is 2.40. The van der Waals surface area contributed by atoms with Crippen LogP contribution in [0.2, 0.25) is 10.0 Å². The van der Waals surface area contributed by atoms with Crippen molar-refractivity contribution >= 4 is 34.0 Å². The van der Waals surface area contributed by atoms with Crippen molar-refractivity contribution in [3.63, 3.8) is 0 Å². The second kappa shape index (κ2) is 3.80. The maximum atomic E-state index is 13.1. The van der Waals surface area contributed by atoms with Crippen LogP contribution in [-0.2, 0) is 10.8 Å². The van der Waals surface area contributed by atoms with Gasteiger partial charge in [-0.15, -0.1) is 0 Å². The molecule has 1 heterocycles. The lowest BCUT2D eigenvalue weighted by atomic mass is 10.1. The van der Waals surface area contributed by atoms with Crippen molar-refractivity contribution in [3.8, 4) is 0 Å². The summed E-state index contributed by atoms with van der Waals surface area (Å²) in [7, 11) is -0.844. The van der Waals surface area contributed by atoms with Crippen molar-refractivity contribution in [1.29, 1.82) is 0 Å². The molecule has 1 saturated heterocycles. The van der Waals surface area contributed by atoms with E-state index in [1.165, 1.54) is 12.1 Å². The molecule has 1 aromatic carbocycles. The molecule has 2 unspecified atom stereocenters. The van der Waals surface area contributed by atoms with Crippen LogP contribution in [0.25, 0.3) is 0 Å². The first kappa shape index (κ1) is 10.4. The van der Waals surface area contributed by atoms with Crippen LogP contribution in [0.3, 0.4) is 0 Å². The molecule has 1 fully saturated rings. The van der Waals surface area contributed by atoms with Gasteiger partial charge in [0.05, 0.1) is 15.3 Å². The molecule has 0 aromatic heterocycles. The van der Waals surface area contributed by atoms with Gasteiger partial charge in [0.2, 0.25) is 0 Å². The molecule has 5 heteroatoms. The molecular weight excluding hydrogens is 246 g/mol. The molecule has 1 aromatic rings. The second-order valence-corrected chi connectivity index (χ2v) is 5.71. The van der Waals surface area contributed by atoms with Gasteiger partial charge in [-0.3, -0.25) is 4.21 Å². The highest BCUT2D eigenvalue weighted by atomic mass is 35.5. The molecule has 2 atom stereocenters. The average molecular weight is 253 g/mol. The Hall–Kier alpha value is -0.120. The average Bonchev–Trinajstić information content (AvgIpc) is 2.11. The Morgan fingerprint density at radius 2 is 1.93 bits per heavy atom. The molecule has 14 heavy (non-hydrogen) atoms. The molecule has 1 nitrogen and oxygen atoms in total. The Morgan fingerprint density at radius 1 is 1.36 bits per heavy atom. The van der Waals surface area contributed by atoms with E-state index in [0.717, 1.165) is 12.0 Å². The van der Waals surface area contributed by atoms with E-state index in [2.05, 4.69) is 0 Å². The number of rotatable bonds is 1. The summed E-state index contributed by atoms with van der Waals surface area (Å²) in [6, 6.07) is 3.01. The van der Waals surface area contributed by atoms with Crippen molar-refractivity contribution < 1.29 is 8.60 Å². The van der Waals surface area contributed by atoms with Crippen molar-refractivity contribution in [1.82, 2.24) is 0 Å². The zero-order valence-electron chi connectivity index (χ0n) is 7.10. The summed E-state index contributed by atoms with van der Waals surface area (Å²) >= 11 is 11.3. The van der Waals surface area contributed by atoms with Crippen molar-refractivity contribution in [2.24, 2.45) is 0 Å². The summed E-state index contributed by atoms with van der Waals surface area (Å²) in [5.74, 6) is 0.0966. The highest BCUT2D eigenvalue weighted by Gasteiger charge is 2.29. The van der Waals surface area contributed by atoms with E-state index in [9.17, 15) is 8.60 Å². The number of hydrogen-bond acceptors (Lipinski definition) is 1. The Kier molecular flexibility index (Phi) is 2.82. The predicted molar refractivity (Wildman–Crippen MR) is 56.8 cm³/mol. The second-order valence-electron chi connectivity index (χ2n) is 3.16. The highest BCUT2D eigenvalue weighted by Crippen LogP contribution is 2.36. The lowest BCUT2D eigenvalue weighted by Gasteiger charge is -2.25. The van der Waals surface area contributed by atoms with Gasteiger partial charge in [-0.25, -0.2) is 4.39 Å². The first-order valence-corrected chi connectivity index (χ1v) is 6.25. The lowest BCUT2D eigenvalue weighted by molar-refractivity contribution is 0.624. The third-order valence-electron chi connectivity index (χ3n) is 2.28. The molecule has 76 valence electrons. The fraction of sp³-hybridized carbons (Fsp3) is 0.333. The van der Waals surface area contributed by atoms with Gasteiger partial charge >= 0.3 is 0 Å². The van der Waals surface area contributed by atoms with Crippen LogP contribution in [0, 0.1) is 5.82 Å². The molecule has 0 N–H and O–H groups in total. The van der Waals surface area contributed by atoms with Crippen molar-refractivity contribution in [2.45, 2.75) is 11.7 Å². The minimum absolute atomic E-state index is 0.00333. The maximum absolute atomic E-state index is 13.1. The molecule has 0 saturated carbocycles. The van der Waals surface area contributed by atoms with E-state index in [1.807, 2.05) is 0 Å². The fourth-order valence-corrected chi connectivity index (χ4v) is 3.02. The van der Waals surface area contributed by atoms with Crippen LogP contribution in [-0.4, -0.2) is 9.96 Å². The van der Waals surface area contributed by atoms with Gasteiger partial charge in [0.1, 0.15) is 0 Å². The zero-order valence-corrected chi connectivity index (χ0v) is 9.43. The van der Waals surface area contributed by atoms with E-state index in [1.54, 1.807) is 0 Å². The van der Waals surface area contributed by atoms with Crippen LogP contribution < -0.4 is 0 Å². The smallest absolute Gasteiger partial charge is 0.160 e. The molecule has 2 rings (SSSR count). The molecule has 0 bridgehead atoms. The SMILES string of the molecule is O=S1CCC1c1cc(Cl)c(F)c(Cl)c1. The lowest BCUT2D eigenvalue weighted by Crippen LogP contribution is -2.22. The molecular formula is C9H7Cl2FOS. The molecule has 1 aliphatic rings. The van der Waals surface area contributed by atoms with E-state index in [0.29, 0.717) is 5.75 Å². The minimum atomic E-state index is -0.844. The molecule has 0 aliphatic carbocycles. The van der Waals surface area contributed by atoms with Crippen LogP contribution in [0.15, 0.2) is 12.1 Å². The minimum Gasteiger partial charge on any atom is -0.259 e. The summed E-state index contributed by atoms with van der Waals surface area (Å²) in [6.07, 6.45) is 0.852. The third-order valence-corrected chi connectivity index (χ3v) is 4.61. The van der Waals surface area contributed by atoms with E-state index >= 15 is 0 Å². The van der Waals surface area contributed by atoms with Crippen molar-refractivity contribution in [2.75, 3.05) is 5.75 Å².